The monoisotopic (exact) mass is 676 g/mol. The minimum absolute atomic E-state index is 0.0812. The van der Waals surface area contributed by atoms with Crippen molar-refractivity contribution in [3.8, 4) is 0 Å². The molecular weight excluding hydrogens is 640 g/mol. The van der Waals surface area contributed by atoms with Gasteiger partial charge in [0.05, 0.1) is 21.9 Å². The molecule has 2 fully saturated rings. The van der Waals surface area contributed by atoms with E-state index in [9.17, 15) is 21.6 Å². The molecule has 2 saturated heterocycles. The first kappa shape index (κ1) is 32.6. The number of nitrogens with zero attached hydrogens (tertiary/aromatic N) is 2. The normalized spacial score (nSPS) is 22.8. The van der Waals surface area contributed by atoms with Crippen LogP contribution in [0.5, 0.6) is 0 Å². The summed E-state index contributed by atoms with van der Waals surface area (Å²) in [6.07, 6.45) is 0.852. The van der Waals surface area contributed by atoms with E-state index in [4.69, 9.17) is 11.6 Å². The predicted octanol–water partition coefficient (Wildman–Crippen LogP) is 7.04. The molecule has 10 heteroatoms. The molecule has 46 heavy (non-hydrogen) atoms. The quantitative estimate of drug-likeness (QED) is 0.209. The van der Waals surface area contributed by atoms with E-state index in [1.165, 1.54) is 8.61 Å². The number of Topliss-reactive ketones (excluding diaryl/α,β-unsaturated/α-hetero) is 1. The van der Waals surface area contributed by atoms with Gasteiger partial charge in [0.25, 0.3) is 0 Å². The number of hydrogen-bond donors (Lipinski definition) is 0. The number of piperidine rings is 2. The summed E-state index contributed by atoms with van der Waals surface area (Å²) < 4.78 is 60.8. The van der Waals surface area contributed by atoms with Gasteiger partial charge in [-0.2, -0.15) is 8.61 Å². The third-order valence-corrected chi connectivity index (χ3v) is 13.4. The Morgan fingerprint density at radius 1 is 0.696 bits per heavy atom. The molecule has 0 bridgehead atoms. The van der Waals surface area contributed by atoms with Crippen molar-refractivity contribution < 1.29 is 21.6 Å². The number of sulfonamides is 2. The van der Waals surface area contributed by atoms with Gasteiger partial charge in [-0.1, -0.05) is 90.3 Å². The molecule has 7 nitrogen and oxygen atoms in total. The van der Waals surface area contributed by atoms with Crippen molar-refractivity contribution in [3.05, 3.63) is 130 Å². The lowest BCUT2D eigenvalue weighted by molar-refractivity contribution is -0.132. The molecule has 2 aliphatic rings. The SMILES string of the molecule is CCc1ccc([C@@H]2C[C@H]3[C@@H](CN2S(=O)(=O)c2ccc(C)cc2)C(=O)CC(c2ccc(Cl)cc2)N3S(=O)(=O)c2ccc(C)cc2)cc1. The molecule has 0 saturated carbocycles. The minimum atomic E-state index is -4.13. The first-order chi connectivity index (χ1) is 21.9. The van der Waals surface area contributed by atoms with Crippen molar-refractivity contribution in [2.24, 2.45) is 5.92 Å². The van der Waals surface area contributed by atoms with E-state index in [1.807, 2.05) is 45.0 Å². The number of carbonyl (C=O) groups is 1. The van der Waals surface area contributed by atoms with Crippen LogP contribution in [0.25, 0.3) is 0 Å². The smallest absolute Gasteiger partial charge is 0.243 e. The lowest BCUT2D eigenvalue weighted by Gasteiger charge is -2.51. The Labute approximate surface area is 276 Å². The maximum atomic E-state index is 14.6. The molecule has 0 aromatic heterocycles. The molecule has 0 radical (unpaired) electrons. The molecule has 4 aromatic carbocycles. The van der Waals surface area contributed by atoms with Crippen LogP contribution in [-0.4, -0.2) is 43.8 Å². The van der Waals surface area contributed by atoms with Crippen LogP contribution in [-0.2, 0) is 31.3 Å². The third-order valence-electron chi connectivity index (χ3n) is 9.35. The van der Waals surface area contributed by atoms with Gasteiger partial charge >= 0.3 is 0 Å². The highest BCUT2D eigenvalue weighted by Gasteiger charge is 2.54. The summed E-state index contributed by atoms with van der Waals surface area (Å²) in [4.78, 5) is 14.3. The Morgan fingerprint density at radius 2 is 1.20 bits per heavy atom. The lowest BCUT2D eigenvalue weighted by Crippen LogP contribution is -2.60. The maximum absolute atomic E-state index is 14.6. The zero-order chi connectivity index (χ0) is 32.8. The van der Waals surface area contributed by atoms with Crippen molar-refractivity contribution >= 4 is 37.4 Å². The molecule has 2 heterocycles. The van der Waals surface area contributed by atoms with Gasteiger partial charge in [0.1, 0.15) is 5.78 Å². The van der Waals surface area contributed by atoms with Gasteiger partial charge in [0.2, 0.25) is 20.0 Å². The van der Waals surface area contributed by atoms with E-state index >= 15 is 0 Å². The Kier molecular flexibility index (Phi) is 8.99. The van der Waals surface area contributed by atoms with Crippen molar-refractivity contribution in [2.75, 3.05) is 6.54 Å². The Hall–Kier alpha value is -3.34. The summed E-state index contributed by atoms with van der Waals surface area (Å²) in [6.45, 7) is 5.70. The van der Waals surface area contributed by atoms with Crippen LogP contribution < -0.4 is 0 Å². The van der Waals surface area contributed by atoms with Crippen molar-refractivity contribution in [1.29, 1.82) is 0 Å². The second-order valence-electron chi connectivity index (χ2n) is 12.3. The topological polar surface area (TPSA) is 91.8 Å². The molecule has 1 unspecified atom stereocenters. The Bertz CT molecular complexity index is 1950. The number of fused-ring (bicyclic) bond motifs is 1. The Balaban J connectivity index is 1.51. The molecule has 0 N–H and O–H groups in total. The van der Waals surface area contributed by atoms with Crippen LogP contribution in [0.3, 0.4) is 0 Å². The second kappa shape index (κ2) is 12.7. The van der Waals surface area contributed by atoms with Gasteiger partial charge in [-0.15, -0.1) is 0 Å². The fourth-order valence-corrected chi connectivity index (χ4v) is 10.4. The summed E-state index contributed by atoms with van der Waals surface area (Å²) in [6, 6.07) is 25.8. The van der Waals surface area contributed by atoms with Crippen molar-refractivity contribution in [1.82, 2.24) is 8.61 Å². The molecule has 240 valence electrons. The molecule has 6 rings (SSSR count). The summed E-state index contributed by atoms with van der Waals surface area (Å²) in [5.41, 5.74) is 4.36. The number of aryl methyl sites for hydroxylation is 3. The van der Waals surface area contributed by atoms with Crippen LogP contribution >= 0.6 is 11.6 Å². The summed E-state index contributed by atoms with van der Waals surface area (Å²) in [7, 11) is -8.17. The van der Waals surface area contributed by atoms with Crippen molar-refractivity contribution in [2.45, 2.75) is 68.0 Å². The lowest BCUT2D eigenvalue weighted by atomic mass is 9.77. The van der Waals surface area contributed by atoms with E-state index in [1.54, 1.807) is 72.8 Å². The number of benzene rings is 4. The minimum Gasteiger partial charge on any atom is -0.299 e. The first-order valence-corrected chi connectivity index (χ1v) is 18.7. The van der Waals surface area contributed by atoms with Gasteiger partial charge < -0.3 is 0 Å². The van der Waals surface area contributed by atoms with E-state index in [0.717, 1.165) is 28.7 Å². The standard InChI is InChI=1S/C36H37ClN2O5S2/c1-4-26-9-11-27(12-10-26)33-21-35-32(23-38(33)45(41,42)30-17-5-24(2)6-18-30)36(40)22-34(28-13-15-29(37)16-14-28)39(35)46(43,44)31-19-7-25(3)8-20-31/h5-20,32-35H,4,21-23H2,1-3H3/t32-,33+,34?,35+/m1/s1. The largest absolute Gasteiger partial charge is 0.299 e. The number of hydrogen-bond acceptors (Lipinski definition) is 5. The van der Waals surface area contributed by atoms with Gasteiger partial charge in [-0.3, -0.25) is 4.79 Å². The van der Waals surface area contributed by atoms with E-state index in [0.29, 0.717) is 10.6 Å². The van der Waals surface area contributed by atoms with Gasteiger partial charge in [0.15, 0.2) is 0 Å². The molecular formula is C36H37ClN2O5S2. The highest BCUT2D eigenvalue weighted by atomic mass is 35.5. The van der Waals surface area contributed by atoms with E-state index in [-0.39, 0.29) is 35.0 Å². The van der Waals surface area contributed by atoms with Gasteiger partial charge in [-0.05, 0) is 79.8 Å². The summed E-state index contributed by atoms with van der Waals surface area (Å²) in [5.74, 6) is -1.01. The summed E-state index contributed by atoms with van der Waals surface area (Å²) in [5, 5.41) is 0.502. The van der Waals surface area contributed by atoms with Gasteiger partial charge in [-0.25, -0.2) is 16.8 Å². The number of carbonyl (C=O) groups excluding carboxylic acids is 1. The number of ketones is 1. The van der Waals surface area contributed by atoms with Gasteiger partial charge in [0, 0.05) is 29.9 Å². The zero-order valence-corrected chi connectivity index (χ0v) is 28.4. The van der Waals surface area contributed by atoms with Crippen LogP contribution in [0.4, 0.5) is 0 Å². The highest BCUT2D eigenvalue weighted by molar-refractivity contribution is 7.89. The molecule has 2 aliphatic heterocycles. The fraction of sp³-hybridized carbons (Fsp3) is 0.306. The fourth-order valence-electron chi connectivity index (χ4n) is 6.73. The Morgan fingerprint density at radius 3 is 1.74 bits per heavy atom. The van der Waals surface area contributed by atoms with Crippen LogP contribution in [0.2, 0.25) is 5.02 Å². The average Bonchev–Trinajstić information content (AvgIpc) is 3.05. The molecule has 4 atom stereocenters. The average molecular weight is 677 g/mol. The second-order valence-corrected chi connectivity index (χ2v) is 16.5. The first-order valence-electron chi connectivity index (χ1n) is 15.5. The number of halogens is 1. The maximum Gasteiger partial charge on any atom is 0.243 e. The van der Waals surface area contributed by atoms with Crippen molar-refractivity contribution in [3.63, 3.8) is 0 Å². The number of rotatable bonds is 7. The molecule has 0 aliphatic carbocycles. The van der Waals surface area contributed by atoms with E-state index < -0.39 is 44.1 Å². The molecule has 4 aromatic rings. The van der Waals surface area contributed by atoms with Crippen LogP contribution in [0.15, 0.2) is 107 Å². The molecule has 0 spiro atoms. The van der Waals surface area contributed by atoms with Crippen LogP contribution in [0, 0.1) is 19.8 Å². The van der Waals surface area contributed by atoms with E-state index in [2.05, 4.69) is 0 Å². The highest BCUT2D eigenvalue weighted by Crippen LogP contribution is 2.48. The third kappa shape index (κ3) is 6.07. The summed E-state index contributed by atoms with van der Waals surface area (Å²) >= 11 is 6.19. The predicted molar refractivity (Wildman–Crippen MR) is 180 cm³/mol. The van der Waals surface area contributed by atoms with Crippen LogP contribution in [0.1, 0.15) is 59.7 Å². The molecule has 0 amide bonds. The zero-order valence-electron chi connectivity index (χ0n) is 26.0.